The maximum absolute atomic E-state index is 11.2. The van der Waals surface area contributed by atoms with Crippen molar-refractivity contribution < 1.29 is 14.3 Å². The standard InChI is InChI=1S/C13H19N3O3/c1-8-3-10(13(14)17)4-12(16-8)18-7-11-6-15-5-9(2)19-11/h3-4,9,11,15H,5-7H2,1-2H3,(H2,14,17). The Morgan fingerprint density at radius 1 is 1.58 bits per heavy atom. The Morgan fingerprint density at radius 2 is 2.37 bits per heavy atom. The lowest BCUT2D eigenvalue weighted by Crippen LogP contribution is -2.45. The van der Waals surface area contributed by atoms with Crippen molar-refractivity contribution in [1.82, 2.24) is 10.3 Å². The normalized spacial score (nSPS) is 23.1. The van der Waals surface area contributed by atoms with Crippen LogP contribution in [-0.2, 0) is 4.74 Å². The average molecular weight is 265 g/mol. The third kappa shape index (κ3) is 3.90. The largest absolute Gasteiger partial charge is 0.475 e. The van der Waals surface area contributed by atoms with Gasteiger partial charge in [0.2, 0.25) is 11.8 Å². The second-order valence-corrected chi connectivity index (χ2v) is 4.74. The van der Waals surface area contributed by atoms with Crippen LogP contribution in [0.25, 0.3) is 0 Å². The fraction of sp³-hybridized carbons (Fsp3) is 0.538. The molecule has 104 valence electrons. The van der Waals surface area contributed by atoms with Gasteiger partial charge < -0.3 is 20.5 Å². The molecule has 19 heavy (non-hydrogen) atoms. The van der Waals surface area contributed by atoms with Crippen LogP contribution in [0.15, 0.2) is 12.1 Å². The van der Waals surface area contributed by atoms with Crippen LogP contribution in [-0.4, -0.2) is 42.8 Å². The van der Waals surface area contributed by atoms with Gasteiger partial charge in [-0.2, -0.15) is 0 Å². The SMILES string of the molecule is Cc1cc(C(N)=O)cc(OCC2CNCC(C)O2)n1. The van der Waals surface area contributed by atoms with Gasteiger partial charge in [0.1, 0.15) is 12.7 Å². The molecule has 6 nitrogen and oxygen atoms in total. The van der Waals surface area contributed by atoms with Crippen molar-refractivity contribution in [3.8, 4) is 5.88 Å². The molecule has 2 unspecified atom stereocenters. The number of primary amides is 1. The lowest BCUT2D eigenvalue weighted by molar-refractivity contribution is -0.0476. The molecule has 1 aromatic rings. The minimum Gasteiger partial charge on any atom is -0.475 e. The molecule has 3 N–H and O–H groups in total. The number of nitrogens with two attached hydrogens (primary N) is 1. The van der Waals surface area contributed by atoms with E-state index < -0.39 is 5.91 Å². The summed E-state index contributed by atoms with van der Waals surface area (Å²) in [4.78, 5) is 15.4. The number of aromatic nitrogens is 1. The summed E-state index contributed by atoms with van der Waals surface area (Å²) < 4.78 is 11.3. The molecule has 2 atom stereocenters. The van der Waals surface area contributed by atoms with Gasteiger partial charge in [0, 0.05) is 30.4 Å². The van der Waals surface area contributed by atoms with Crippen molar-refractivity contribution >= 4 is 5.91 Å². The zero-order valence-corrected chi connectivity index (χ0v) is 11.2. The first-order valence-corrected chi connectivity index (χ1v) is 6.32. The molecule has 1 aliphatic heterocycles. The first-order chi connectivity index (χ1) is 9.04. The van der Waals surface area contributed by atoms with Gasteiger partial charge >= 0.3 is 0 Å². The first kappa shape index (κ1) is 13.8. The topological polar surface area (TPSA) is 86.5 Å². The minimum absolute atomic E-state index is 0.0110. The van der Waals surface area contributed by atoms with Gasteiger partial charge in [0.15, 0.2) is 0 Å². The summed E-state index contributed by atoms with van der Waals surface area (Å²) in [5.74, 6) is -0.0878. The average Bonchev–Trinajstić information content (AvgIpc) is 2.36. The molecule has 0 aliphatic carbocycles. The van der Waals surface area contributed by atoms with Crippen molar-refractivity contribution in [3.05, 3.63) is 23.4 Å². The molecule has 1 aliphatic rings. The Bertz CT molecular complexity index is 464. The van der Waals surface area contributed by atoms with Crippen molar-refractivity contribution in [2.45, 2.75) is 26.1 Å². The van der Waals surface area contributed by atoms with Gasteiger partial charge in [-0.05, 0) is 19.9 Å². The fourth-order valence-corrected chi connectivity index (χ4v) is 2.00. The predicted octanol–water partition coefficient (Wildman–Crippen LogP) is 0.245. The van der Waals surface area contributed by atoms with E-state index in [1.54, 1.807) is 19.1 Å². The molecule has 2 heterocycles. The van der Waals surface area contributed by atoms with Crippen molar-refractivity contribution in [3.63, 3.8) is 0 Å². The van der Waals surface area contributed by atoms with E-state index in [1.807, 2.05) is 6.92 Å². The molecule has 1 amide bonds. The van der Waals surface area contributed by atoms with E-state index in [9.17, 15) is 4.79 Å². The number of hydrogen-bond acceptors (Lipinski definition) is 5. The number of nitrogens with zero attached hydrogens (tertiary/aromatic N) is 1. The molecule has 0 saturated carbocycles. The van der Waals surface area contributed by atoms with Crippen LogP contribution in [0.2, 0.25) is 0 Å². The highest BCUT2D eigenvalue weighted by Gasteiger charge is 2.19. The number of nitrogens with one attached hydrogen (secondary N) is 1. The maximum atomic E-state index is 11.2. The summed E-state index contributed by atoms with van der Waals surface area (Å²) in [5.41, 5.74) is 6.35. The molecule has 1 aromatic heterocycles. The van der Waals surface area contributed by atoms with E-state index in [4.69, 9.17) is 15.2 Å². The molecule has 6 heteroatoms. The second kappa shape index (κ2) is 5.99. The Kier molecular flexibility index (Phi) is 4.34. The van der Waals surface area contributed by atoms with Crippen LogP contribution in [0, 0.1) is 6.92 Å². The van der Waals surface area contributed by atoms with E-state index in [0.29, 0.717) is 23.7 Å². The summed E-state index contributed by atoms with van der Waals surface area (Å²) in [6, 6.07) is 3.19. The highest BCUT2D eigenvalue weighted by atomic mass is 16.5. The molecule has 2 rings (SSSR count). The first-order valence-electron chi connectivity index (χ1n) is 6.32. The number of hydrogen-bond donors (Lipinski definition) is 2. The summed E-state index contributed by atoms with van der Waals surface area (Å²) in [7, 11) is 0. The van der Waals surface area contributed by atoms with Crippen LogP contribution in [0.4, 0.5) is 0 Å². The predicted molar refractivity (Wildman–Crippen MR) is 70.2 cm³/mol. The van der Waals surface area contributed by atoms with Crippen molar-refractivity contribution in [2.75, 3.05) is 19.7 Å². The maximum Gasteiger partial charge on any atom is 0.248 e. The van der Waals surface area contributed by atoms with Gasteiger partial charge in [-0.25, -0.2) is 4.98 Å². The van der Waals surface area contributed by atoms with E-state index in [1.165, 1.54) is 0 Å². The lowest BCUT2D eigenvalue weighted by Gasteiger charge is -2.28. The van der Waals surface area contributed by atoms with Gasteiger partial charge in [-0.15, -0.1) is 0 Å². The van der Waals surface area contributed by atoms with E-state index in [-0.39, 0.29) is 12.2 Å². The van der Waals surface area contributed by atoms with E-state index >= 15 is 0 Å². The molecule has 0 aromatic carbocycles. The second-order valence-electron chi connectivity index (χ2n) is 4.74. The Hall–Kier alpha value is -1.66. The highest BCUT2D eigenvalue weighted by Crippen LogP contribution is 2.13. The number of morpholine rings is 1. The van der Waals surface area contributed by atoms with Crippen molar-refractivity contribution in [2.24, 2.45) is 5.73 Å². The number of carbonyl (C=O) groups excluding carboxylic acids is 1. The summed E-state index contributed by atoms with van der Waals surface area (Å²) in [5, 5.41) is 3.26. The lowest BCUT2D eigenvalue weighted by atomic mass is 10.2. The quantitative estimate of drug-likeness (QED) is 0.814. The van der Waals surface area contributed by atoms with E-state index in [0.717, 1.165) is 13.1 Å². The number of pyridine rings is 1. The fourth-order valence-electron chi connectivity index (χ4n) is 2.00. The minimum atomic E-state index is -0.487. The van der Waals surface area contributed by atoms with Gasteiger partial charge in [0.05, 0.1) is 6.10 Å². The molecule has 1 saturated heterocycles. The molecule has 0 spiro atoms. The highest BCUT2D eigenvalue weighted by molar-refractivity contribution is 5.93. The molecular formula is C13H19N3O3. The smallest absolute Gasteiger partial charge is 0.248 e. The molecule has 1 fully saturated rings. The Labute approximate surface area is 112 Å². The molecular weight excluding hydrogens is 246 g/mol. The third-order valence-corrected chi connectivity index (χ3v) is 2.86. The van der Waals surface area contributed by atoms with Crippen LogP contribution >= 0.6 is 0 Å². The van der Waals surface area contributed by atoms with Crippen LogP contribution < -0.4 is 15.8 Å². The zero-order chi connectivity index (χ0) is 13.8. The summed E-state index contributed by atoms with van der Waals surface area (Å²) in [6.45, 7) is 5.80. The van der Waals surface area contributed by atoms with Crippen LogP contribution in [0.1, 0.15) is 23.0 Å². The van der Waals surface area contributed by atoms with Crippen LogP contribution in [0.5, 0.6) is 5.88 Å². The summed E-state index contributed by atoms with van der Waals surface area (Å²) >= 11 is 0. The van der Waals surface area contributed by atoms with Gasteiger partial charge in [-0.3, -0.25) is 4.79 Å². The van der Waals surface area contributed by atoms with Gasteiger partial charge in [0.25, 0.3) is 0 Å². The number of carbonyl (C=O) groups is 1. The van der Waals surface area contributed by atoms with E-state index in [2.05, 4.69) is 10.3 Å². The third-order valence-electron chi connectivity index (χ3n) is 2.86. The van der Waals surface area contributed by atoms with Crippen LogP contribution in [0.3, 0.4) is 0 Å². The Balaban J connectivity index is 1.97. The Morgan fingerprint density at radius 3 is 3.05 bits per heavy atom. The molecule has 0 bridgehead atoms. The molecule has 0 radical (unpaired) electrons. The summed E-state index contributed by atoms with van der Waals surface area (Å²) in [6.07, 6.45) is 0.164. The number of ether oxygens (including phenoxy) is 2. The number of rotatable bonds is 4. The number of aryl methyl sites for hydroxylation is 1. The van der Waals surface area contributed by atoms with Crippen molar-refractivity contribution in [1.29, 1.82) is 0 Å². The number of amides is 1. The monoisotopic (exact) mass is 265 g/mol. The van der Waals surface area contributed by atoms with Gasteiger partial charge in [-0.1, -0.05) is 0 Å². The zero-order valence-electron chi connectivity index (χ0n) is 11.2.